The van der Waals surface area contributed by atoms with Crippen LogP contribution in [0, 0.1) is 0 Å². The van der Waals surface area contributed by atoms with Gasteiger partial charge in [-0.15, -0.1) is 0 Å². The first-order valence-electron chi connectivity index (χ1n) is 6.38. The van der Waals surface area contributed by atoms with E-state index in [1.807, 2.05) is 0 Å². The zero-order valence-electron chi connectivity index (χ0n) is 11.6. The molecule has 0 aromatic rings. The van der Waals surface area contributed by atoms with Crippen molar-refractivity contribution in [2.45, 2.75) is 27.7 Å². The van der Waals surface area contributed by atoms with Crippen molar-refractivity contribution < 1.29 is 4.74 Å². The van der Waals surface area contributed by atoms with Crippen LogP contribution in [0.25, 0.3) is 0 Å². The summed E-state index contributed by atoms with van der Waals surface area (Å²) in [5.41, 5.74) is 2.39. The second kappa shape index (κ2) is 10.0. The molecule has 0 unspecified atom stereocenters. The molecule has 0 saturated heterocycles. The maximum atomic E-state index is 5.08. The van der Waals surface area contributed by atoms with Crippen molar-refractivity contribution >= 4 is 9.12 Å². The Morgan fingerprint density at radius 1 is 0.938 bits per heavy atom. The Balaban J connectivity index is 4.58. The largest absolute Gasteiger partial charge is 0.381 e. The molecule has 16 heavy (non-hydrogen) atoms. The lowest BCUT2D eigenvalue weighted by molar-refractivity contribution is 0.234. The van der Waals surface area contributed by atoms with Crippen LogP contribution >= 0.6 is 0 Å². The first kappa shape index (κ1) is 15.8. The Hall–Kier alpha value is -0.163. The van der Waals surface area contributed by atoms with Crippen LogP contribution in [0.2, 0.25) is 0 Å². The lowest BCUT2D eigenvalue weighted by Crippen LogP contribution is -2.51. The SMILES string of the molecule is CCN(CC)[SiH](C=CCOC)N(CC)CC. The smallest absolute Gasteiger partial charge is 0.215 e. The van der Waals surface area contributed by atoms with Gasteiger partial charge in [-0.25, -0.2) is 0 Å². The van der Waals surface area contributed by atoms with E-state index in [1.165, 1.54) is 0 Å². The number of hydrogen-bond donors (Lipinski definition) is 0. The van der Waals surface area contributed by atoms with Crippen molar-refractivity contribution in [3.8, 4) is 0 Å². The Kier molecular flexibility index (Phi) is 9.92. The molecule has 0 fully saturated rings. The molecule has 0 aliphatic rings. The lowest BCUT2D eigenvalue weighted by atomic mass is 10.7. The van der Waals surface area contributed by atoms with Gasteiger partial charge in [-0.2, -0.15) is 0 Å². The molecule has 96 valence electrons. The van der Waals surface area contributed by atoms with E-state index in [-0.39, 0.29) is 0 Å². The van der Waals surface area contributed by atoms with Gasteiger partial charge in [-0.3, -0.25) is 0 Å². The third kappa shape index (κ3) is 5.25. The van der Waals surface area contributed by atoms with Crippen molar-refractivity contribution in [2.75, 3.05) is 39.9 Å². The van der Waals surface area contributed by atoms with Crippen LogP contribution in [0.4, 0.5) is 0 Å². The van der Waals surface area contributed by atoms with Crippen molar-refractivity contribution in [1.29, 1.82) is 0 Å². The molecule has 0 spiro atoms. The Morgan fingerprint density at radius 2 is 1.38 bits per heavy atom. The second-order valence-electron chi connectivity index (χ2n) is 3.74. The van der Waals surface area contributed by atoms with Gasteiger partial charge in [0.15, 0.2) is 0 Å². The highest BCUT2D eigenvalue weighted by Gasteiger charge is 2.20. The molecular weight excluding hydrogens is 216 g/mol. The number of nitrogens with zero attached hydrogens (tertiary/aromatic N) is 2. The maximum Gasteiger partial charge on any atom is 0.215 e. The number of hydrogen-bond acceptors (Lipinski definition) is 3. The number of methoxy groups -OCH3 is 1. The third-order valence-electron chi connectivity index (χ3n) is 2.94. The minimum absolute atomic E-state index is 0.728. The summed E-state index contributed by atoms with van der Waals surface area (Å²) in [7, 11) is 0.657. The highest BCUT2D eigenvalue weighted by molar-refractivity contribution is 6.58. The number of ether oxygens (including phenoxy) is 1. The first-order valence-corrected chi connectivity index (χ1v) is 8.08. The third-order valence-corrected chi connectivity index (χ3v) is 6.52. The highest BCUT2D eigenvalue weighted by Crippen LogP contribution is 2.03. The molecule has 0 heterocycles. The summed E-state index contributed by atoms with van der Waals surface area (Å²) < 4.78 is 10.3. The topological polar surface area (TPSA) is 15.7 Å². The van der Waals surface area contributed by atoms with Gasteiger partial charge in [0.25, 0.3) is 0 Å². The molecule has 0 atom stereocenters. The summed E-state index contributed by atoms with van der Waals surface area (Å²) in [5, 5.41) is 0. The molecule has 0 aromatic carbocycles. The van der Waals surface area contributed by atoms with Crippen LogP contribution in [0.3, 0.4) is 0 Å². The van der Waals surface area contributed by atoms with E-state index in [0.29, 0.717) is 0 Å². The highest BCUT2D eigenvalue weighted by atomic mass is 28.3. The van der Waals surface area contributed by atoms with E-state index in [0.717, 1.165) is 32.8 Å². The van der Waals surface area contributed by atoms with Gasteiger partial charge in [0.2, 0.25) is 9.12 Å². The van der Waals surface area contributed by atoms with Crippen LogP contribution in [-0.2, 0) is 4.74 Å². The summed E-state index contributed by atoms with van der Waals surface area (Å²) in [6.07, 6.45) is 2.17. The summed E-state index contributed by atoms with van der Waals surface area (Å²) in [6, 6.07) is 0. The minimum Gasteiger partial charge on any atom is -0.381 e. The van der Waals surface area contributed by atoms with Crippen LogP contribution in [-0.4, -0.2) is 58.1 Å². The molecule has 4 heteroatoms. The molecule has 0 aromatic heterocycles. The average Bonchev–Trinajstić information content (AvgIpc) is 2.31. The molecule has 0 amide bonds. The fourth-order valence-electron chi connectivity index (χ4n) is 1.94. The van der Waals surface area contributed by atoms with Crippen molar-refractivity contribution in [1.82, 2.24) is 9.13 Å². The van der Waals surface area contributed by atoms with Gasteiger partial charge in [0, 0.05) is 7.11 Å². The van der Waals surface area contributed by atoms with E-state index in [2.05, 4.69) is 48.6 Å². The molecule has 0 radical (unpaired) electrons. The number of rotatable bonds is 9. The quantitative estimate of drug-likeness (QED) is 0.573. The van der Waals surface area contributed by atoms with Crippen LogP contribution in [0.15, 0.2) is 11.8 Å². The van der Waals surface area contributed by atoms with E-state index < -0.39 is 9.12 Å². The van der Waals surface area contributed by atoms with Crippen LogP contribution in [0.5, 0.6) is 0 Å². The molecule has 0 aliphatic heterocycles. The summed E-state index contributed by atoms with van der Waals surface area (Å²) >= 11 is 0. The minimum atomic E-state index is -1.09. The Labute approximate surface area is 103 Å². The summed E-state index contributed by atoms with van der Waals surface area (Å²) in [6.45, 7) is 14.3. The van der Waals surface area contributed by atoms with Crippen molar-refractivity contribution in [3.05, 3.63) is 11.8 Å². The van der Waals surface area contributed by atoms with Gasteiger partial charge in [-0.05, 0) is 26.2 Å². The van der Waals surface area contributed by atoms with Gasteiger partial charge in [0.1, 0.15) is 0 Å². The van der Waals surface area contributed by atoms with E-state index in [1.54, 1.807) is 7.11 Å². The summed E-state index contributed by atoms with van der Waals surface area (Å²) in [5.74, 6) is 0. The maximum absolute atomic E-state index is 5.08. The predicted molar refractivity (Wildman–Crippen MR) is 74.0 cm³/mol. The lowest BCUT2D eigenvalue weighted by Gasteiger charge is -2.34. The standard InChI is InChI=1S/C12H28N2OSi/c1-6-13(7-2)16(12-10-11-15-5)14(8-3)9-4/h10,12,16H,6-9,11H2,1-5H3. The van der Waals surface area contributed by atoms with E-state index >= 15 is 0 Å². The normalized spacial score (nSPS) is 12.5. The molecule has 0 aliphatic carbocycles. The monoisotopic (exact) mass is 244 g/mol. The van der Waals surface area contributed by atoms with Crippen LogP contribution < -0.4 is 0 Å². The molecule has 0 bridgehead atoms. The van der Waals surface area contributed by atoms with Gasteiger partial charge >= 0.3 is 0 Å². The molecule has 0 N–H and O–H groups in total. The second-order valence-corrected chi connectivity index (χ2v) is 6.41. The van der Waals surface area contributed by atoms with Gasteiger partial charge in [0.05, 0.1) is 6.61 Å². The molecule has 3 nitrogen and oxygen atoms in total. The Morgan fingerprint density at radius 3 is 1.69 bits per heavy atom. The zero-order valence-corrected chi connectivity index (χ0v) is 12.7. The molecular formula is C12H28N2OSi. The Bertz CT molecular complexity index is 168. The fourth-order valence-corrected chi connectivity index (χ4v) is 4.74. The fraction of sp³-hybridized carbons (Fsp3) is 0.833. The molecule has 0 rings (SSSR count). The van der Waals surface area contributed by atoms with Crippen LogP contribution in [0.1, 0.15) is 27.7 Å². The van der Waals surface area contributed by atoms with Crippen molar-refractivity contribution in [2.24, 2.45) is 0 Å². The molecule has 0 saturated carbocycles. The van der Waals surface area contributed by atoms with Crippen molar-refractivity contribution in [3.63, 3.8) is 0 Å². The zero-order chi connectivity index (χ0) is 12.4. The predicted octanol–water partition coefficient (Wildman–Crippen LogP) is 1.63. The summed E-state index contributed by atoms with van der Waals surface area (Å²) in [4.78, 5) is 0. The first-order chi connectivity index (χ1) is 7.74. The average molecular weight is 244 g/mol. The van der Waals surface area contributed by atoms with Gasteiger partial charge < -0.3 is 13.9 Å². The van der Waals surface area contributed by atoms with E-state index in [9.17, 15) is 0 Å². The van der Waals surface area contributed by atoms with E-state index in [4.69, 9.17) is 4.74 Å². The van der Waals surface area contributed by atoms with Gasteiger partial charge in [-0.1, -0.05) is 39.5 Å².